The molecule has 0 aromatic carbocycles. The Hall–Kier alpha value is 0.137. The third-order valence-corrected chi connectivity index (χ3v) is 2.43. The second kappa shape index (κ2) is 6.82. The maximum atomic E-state index is 5.74. The fourth-order valence-electron chi connectivity index (χ4n) is 1.08. The van der Waals surface area contributed by atoms with Crippen LogP contribution in [-0.4, -0.2) is 22.6 Å². The van der Waals surface area contributed by atoms with Gasteiger partial charge >= 0.3 is 0 Å². The summed E-state index contributed by atoms with van der Waals surface area (Å²) >= 11 is 0. The fourth-order valence-corrected chi connectivity index (χ4v) is 1.65. The maximum absolute atomic E-state index is 5.74. The van der Waals surface area contributed by atoms with E-state index in [1.165, 1.54) is 16.3 Å². The molecule has 0 spiro atoms. The van der Waals surface area contributed by atoms with Gasteiger partial charge in [-0.3, -0.25) is 0 Å². The maximum Gasteiger partial charge on any atom is 0.105 e. The molecule has 0 aromatic rings. The van der Waals surface area contributed by atoms with Crippen LogP contribution in [0.3, 0.4) is 0 Å². The third kappa shape index (κ3) is 5.41. The average Bonchev–Trinajstić information content (AvgIpc) is 2.01. The zero-order chi connectivity index (χ0) is 8.69. The Bertz CT molecular complexity index is 86.2. The van der Waals surface area contributed by atoms with Crippen LogP contribution in [0.15, 0.2) is 0 Å². The van der Waals surface area contributed by atoms with E-state index in [0.717, 1.165) is 19.3 Å². The summed E-state index contributed by atoms with van der Waals surface area (Å²) in [6.07, 6.45) is 3.54. The van der Waals surface area contributed by atoms with Crippen LogP contribution in [0, 0.1) is 0 Å². The van der Waals surface area contributed by atoms with Gasteiger partial charge in [0, 0.05) is 10.2 Å². The first-order valence-electron chi connectivity index (χ1n) is 4.65. The molecule has 0 saturated carbocycles. The van der Waals surface area contributed by atoms with E-state index < -0.39 is 0 Å². The van der Waals surface area contributed by atoms with Gasteiger partial charge in [0.1, 0.15) is 6.23 Å². The van der Waals surface area contributed by atoms with Crippen LogP contribution in [-0.2, 0) is 4.74 Å². The summed E-state index contributed by atoms with van der Waals surface area (Å²) in [5, 5.41) is 0. The van der Waals surface area contributed by atoms with E-state index in [4.69, 9.17) is 10.5 Å². The van der Waals surface area contributed by atoms with E-state index in [0.29, 0.717) is 6.10 Å². The minimum atomic E-state index is -0.0163. The minimum Gasteiger partial charge on any atom is -0.360 e. The SMILES string of the molecule is CCC(CC)OC(N)CC[SiH3]. The first kappa shape index (κ1) is 11.1. The molecule has 3 heteroatoms. The predicted molar refractivity (Wildman–Crippen MR) is 52.8 cm³/mol. The largest absolute Gasteiger partial charge is 0.360 e. The molecule has 0 aliphatic heterocycles. The fraction of sp³-hybridized carbons (Fsp3) is 1.00. The monoisotopic (exact) mass is 175 g/mol. The van der Waals surface area contributed by atoms with Crippen molar-refractivity contribution in [2.24, 2.45) is 5.73 Å². The van der Waals surface area contributed by atoms with Gasteiger partial charge in [0.25, 0.3) is 0 Å². The highest BCUT2D eigenvalue weighted by molar-refractivity contribution is 6.08. The van der Waals surface area contributed by atoms with Gasteiger partial charge in [-0.25, -0.2) is 0 Å². The van der Waals surface area contributed by atoms with Crippen molar-refractivity contribution in [3.63, 3.8) is 0 Å². The van der Waals surface area contributed by atoms with Gasteiger partial charge in [-0.1, -0.05) is 19.9 Å². The average molecular weight is 175 g/mol. The number of nitrogens with two attached hydrogens (primary N) is 1. The van der Waals surface area contributed by atoms with E-state index in [1.54, 1.807) is 0 Å². The first-order valence-corrected chi connectivity index (χ1v) is 6.07. The zero-order valence-corrected chi connectivity index (χ0v) is 9.97. The Labute approximate surface area is 72.9 Å². The Morgan fingerprint density at radius 3 is 2.27 bits per heavy atom. The summed E-state index contributed by atoms with van der Waals surface area (Å²) < 4.78 is 5.59. The van der Waals surface area contributed by atoms with Crippen molar-refractivity contribution in [2.75, 3.05) is 0 Å². The van der Waals surface area contributed by atoms with E-state index in [-0.39, 0.29) is 6.23 Å². The van der Waals surface area contributed by atoms with Crippen molar-refractivity contribution in [1.29, 1.82) is 0 Å². The summed E-state index contributed by atoms with van der Waals surface area (Å²) in [5.74, 6) is 0. The molecule has 0 bridgehead atoms. The lowest BCUT2D eigenvalue weighted by molar-refractivity contribution is -0.0136. The Kier molecular flexibility index (Phi) is 6.91. The Balaban J connectivity index is 3.44. The molecule has 0 aromatic heterocycles. The lowest BCUT2D eigenvalue weighted by atomic mass is 10.2. The van der Waals surface area contributed by atoms with Crippen LogP contribution in [0.2, 0.25) is 6.04 Å². The molecule has 0 rings (SSSR count). The number of ether oxygens (including phenoxy) is 1. The summed E-state index contributed by atoms with van der Waals surface area (Å²) in [7, 11) is 1.23. The van der Waals surface area contributed by atoms with E-state index in [1.807, 2.05) is 0 Å². The van der Waals surface area contributed by atoms with Gasteiger partial charge in [0.2, 0.25) is 0 Å². The lowest BCUT2D eigenvalue weighted by Crippen LogP contribution is -2.28. The molecule has 11 heavy (non-hydrogen) atoms. The molecule has 0 aliphatic rings. The summed E-state index contributed by atoms with van der Waals surface area (Å²) in [6, 6.07) is 1.24. The highest BCUT2D eigenvalue weighted by atomic mass is 28.1. The van der Waals surface area contributed by atoms with Crippen LogP contribution < -0.4 is 5.73 Å². The Morgan fingerprint density at radius 2 is 1.91 bits per heavy atom. The molecule has 0 fully saturated rings. The van der Waals surface area contributed by atoms with Crippen molar-refractivity contribution in [3.05, 3.63) is 0 Å². The highest BCUT2D eigenvalue weighted by Gasteiger charge is 2.08. The van der Waals surface area contributed by atoms with Gasteiger partial charge < -0.3 is 10.5 Å². The quantitative estimate of drug-likeness (QED) is 0.475. The van der Waals surface area contributed by atoms with Crippen LogP contribution in [0.25, 0.3) is 0 Å². The summed E-state index contributed by atoms with van der Waals surface area (Å²) in [4.78, 5) is 0. The molecule has 0 saturated heterocycles. The smallest absolute Gasteiger partial charge is 0.105 e. The van der Waals surface area contributed by atoms with Crippen molar-refractivity contribution in [3.8, 4) is 0 Å². The molecule has 68 valence electrons. The van der Waals surface area contributed by atoms with Crippen LogP contribution >= 0.6 is 0 Å². The summed E-state index contributed by atoms with van der Waals surface area (Å²) in [6.45, 7) is 4.28. The zero-order valence-electron chi connectivity index (χ0n) is 7.97. The van der Waals surface area contributed by atoms with Crippen LogP contribution in [0.1, 0.15) is 33.1 Å². The molecule has 0 radical (unpaired) electrons. The third-order valence-electron chi connectivity index (χ3n) is 1.85. The van der Waals surface area contributed by atoms with Gasteiger partial charge in [-0.15, -0.1) is 0 Å². The van der Waals surface area contributed by atoms with Crippen LogP contribution in [0.4, 0.5) is 0 Å². The van der Waals surface area contributed by atoms with Gasteiger partial charge in [-0.2, -0.15) is 0 Å². The number of hydrogen-bond acceptors (Lipinski definition) is 2. The normalized spacial score (nSPS) is 14.2. The number of hydrogen-bond donors (Lipinski definition) is 1. The Morgan fingerprint density at radius 1 is 1.36 bits per heavy atom. The van der Waals surface area contributed by atoms with Gasteiger partial charge in [0.05, 0.1) is 6.10 Å². The molecule has 1 unspecified atom stereocenters. The molecular formula is C8H21NOSi. The lowest BCUT2D eigenvalue weighted by Gasteiger charge is -2.19. The van der Waals surface area contributed by atoms with Crippen molar-refractivity contribution in [1.82, 2.24) is 0 Å². The molecular weight excluding hydrogens is 154 g/mol. The minimum absolute atomic E-state index is 0.0163. The first-order chi connectivity index (χ1) is 5.24. The molecule has 0 amide bonds. The van der Waals surface area contributed by atoms with Gasteiger partial charge in [0.15, 0.2) is 0 Å². The van der Waals surface area contributed by atoms with Crippen molar-refractivity contribution < 1.29 is 4.74 Å². The predicted octanol–water partition coefficient (Wildman–Crippen LogP) is 0.650. The standard InChI is InChI=1S/C8H21NOSi/c1-3-7(4-2)10-8(9)5-6-11/h7-8H,3-6,9H2,1-2,11H3. The summed E-state index contributed by atoms with van der Waals surface area (Å²) in [5.41, 5.74) is 5.74. The van der Waals surface area contributed by atoms with E-state index in [2.05, 4.69) is 13.8 Å². The van der Waals surface area contributed by atoms with Crippen LogP contribution in [0.5, 0.6) is 0 Å². The second-order valence-corrected chi connectivity index (χ2v) is 3.90. The van der Waals surface area contributed by atoms with Crippen molar-refractivity contribution >= 4 is 10.2 Å². The van der Waals surface area contributed by atoms with Crippen molar-refractivity contribution in [2.45, 2.75) is 51.5 Å². The molecule has 2 nitrogen and oxygen atoms in total. The molecule has 0 aliphatic carbocycles. The highest BCUT2D eigenvalue weighted by Crippen LogP contribution is 2.06. The molecule has 0 heterocycles. The number of rotatable bonds is 6. The topological polar surface area (TPSA) is 35.2 Å². The van der Waals surface area contributed by atoms with Gasteiger partial charge in [-0.05, 0) is 19.3 Å². The van der Waals surface area contributed by atoms with E-state index >= 15 is 0 Å². The van der Waals surface area contributed by atoms with E-state index in [9.17, 15) is 0 Å². The second-order valence-electron chi connectivity index (χ2n) is 2.90. The molecule has 1 atom stereocenters. The molecule has 2 N–H and O–H groups in total.